The van der Waals surface area contributed by atoms with Crippen molar-refractivity contribution >= 4 is 34.8 Å². The van der Waals surface area contributed by atoms with Gasteiger partial charge in [-0.15, -0.1) is 0 Å². The zero-order valence-corrected chi connectivity index (χ0v) is 16.7. The lowest BCUT2D eigenvalue weighted by Crippen LogP contribution is -2.17. The van der Waals surface area contributed by atoms with Crippen molar-refractivity contribution in [1.29, 1.82) is 0 Å². The number of rotatable bonds is 5. The highest BCUT2D eigenvalue weighted by atomic mass is 35.5. The third-order valence-electron chi connectivity index (χ3n) is 5.22. The van der Waals surface area contributed by atoms with Gasteiger partial charge in [-0.05, 0) is 60.7 Å². The molecule has 0 aliphatic heterocycles. The molecule has 0 aromatic heterocycles. The van der Waals surface area contributed by atoms with Crippen LogP contribution in [0.3, 0.4) is 0 Å². The van der Waals surface area contributed by atoms with E-state index in [1.807, 2.05) is 67.6 Å². The molecule has 3 aromatic rings. The highest BCUT2D eigenvalue weighted by Crippen LogP contribution is 2.50. The van der Waals surface area contributed by atoms with Gasteiger partial charge < -0.3 is 10.6 Å². The number of aryl methyl sites for hydroxylation is 1. The molecule has 2 amide bonds. The fraction of sp³-hybridized carbons (Fsp3) is 0.167. The van der Waals surface area contributed by atoms with E-state index in [9.17, 15) is 9.59 Å². The Morgan fingerprint density at radius 1 is 0.931 bits per heavy atom. The first-order chi connectivity index (χ1) is 14.0. The predicted octanol–water partition coefficient (Wildman–Crippen LogP) is 5.64. The van der Waals surface area contributed by atoms with Crippen molar-refractivity contribution in [3.05, 3.63) is 94.5 Å². The fourth-order valence-electron chi connectivity index (χ4n) is 3.45. The summed E-state index contributed by atoms with van der Waals surface area (Å²) in [5, 5.41) is 6.55. The van der Waals surface area contributed by atoms with Crippen molar-refractivity contribution in [3.8, 4) is 0 Å². The Kier molecular flexibility index (Phi) is 5.36. The van der Waals surface area contributed by atoms with Crippen molar-refractivity contribution in [3.63, 3.8) is 0 Å². The van der Waals surface area contributed by atoms with Gasteiger partial charge in [-0.3, -0.25) is 9.59 Å². The number of hydrogen-bond acceptors (Lipinski definition) is 2. The molecular weight excluding hydrogens is 384 g/mol. The Bertz CT molecular complexity index is 1070. The van der Waals surface area contributed by atoms with Crippen LogP contribution in [0.2, 0.25) is 5.02 Å². The molecule has 2 atom stereocenters. The fourth-order valence-corrected chi connectivity index (χ4v) is 3.73. The van der Waals surface area contributed by atoms with Gasteiger partial charge in [0, 0.05) is 27.9 Å². The van der Waals surface area contributed by atoms with Crippen molar-refractivity contribution in [2.75, 3.05) is 10.6 Å². The van der Waals surface area contributed by atoms with Crippen LogP contribution in [0.15, 0.2) is 72.8 Å². The van der Waals surface area contributed by atoms with Crippen LogP contribution in [0.1, 0.15) is 33.8 Å². The molecule has 0 saturated heterocycles. The molecule has 29 heavy (non-hydrogen) atoms. The SMILES string of the molecule is Cc1ccc(C(=O)Nc2ccccc2)cc1NC(=O)C1CC1c1ccccc1Cl. The van der Waals surface area contributed by atoms with E-state index in [4.69, 9.17) is 11.6 Å². The summed E-state index contributed by atoms with van der Waals surface area (Å²) in [6, 6.07) is 22.2. The standard InChI is InChI=1S/C24H21ClN2O2/c1-15-11-12-16(23(28)26-17-7-3-2-4-8-17)13-22(15)27-24(29)20-14-19(20)18-9-5-6-10-21(18)25/h2-13,19-20H,14H2,1H3,(H,26,28)(H,27,29). The smallest absolute Gasteiger partial charge is 0.255 e. The Labute approximate surface area is 174 Å². The maximum Gasteiger partial charge on any atom is 0.255 e. The summed E-state index contributed by atoms with van der Waals surface area (Å²) < 4.78 is 0. The zero-order valence-electron chi connectivity index (χ0n) is 16.0. The van der Waals surface area contributed by atoms with Crippen molar-refractivity contribution in [1.82, 2.24) is 0 Å². The van der Waals surface area contributed by atoms with Crippen molar-refractivity contribution in [2.24, 2.45) is 5.92 Å². The first kappa shape index (κ1) is 19.2. The Morgan fingerprint density at radius 2 is 1.66 bits per heavy atom. The van der Waals surface area contributed by atoms with Crippen LogP contribution in [0, 0.1) is 12.8 Å². The number of para-hydroxylation sites is 1. The van der Waals surface area contributed by atoms with Gasteiger partial charge in [0.05, 0.1) is 0 Å². The van der Waals surface area contributed by atoms with Gasteiger partial charge >= 0.3 is 0 Å². The van der Waals surface area contributed by atoms with Crippen molar-refractivity contribution < 1.29 is 9.59 Å². The number of carbonyl (C=O) groups excluding carboxylic acids is 2. The van der Waals surface area contributed by atoms with Crippen LogP contribution in [-0.4, -0.2) is 11.8 Å². The molecule has 1 aliphatic carbocycles. The molecule has 0 bridgehead atoms. The molecule has 1 fully saturated rings. The molecule has 0 spiro atoms. The minimum Gasteiger partial charge on any atom is -0.326 e. The number of carbonyl (C=O) groups is 2. The van der Waals surface area contributed by atoms with Gasteiger partial charge in [-0.2, -0.15) is 0 Å². The van der Waals surface area contributed by atoms with Crippen LogP contribution in [0.25, 0.3) is 0 Å². The van der Waals surface area contributed by atoms with Crippen LogP contribution < -0.4 is 10.6 Å². The molecule has 0 radical (unpaired) electrons. The second-order valence-electron chi connectivity index (χ2n) is 7.31. The summed E-state index contributed by atoms with van der Waals surface area (Å²) >= 11 is 6.26. The first-order valence-corrected chi connectivity index (χ1v) is 9.93. The Hall–Kier alpha value is -3.11. The summed E-state index contributed by atoms with van der Waals surface area (Å²) in [4.78, 5) is 25.3. The van der Waals surface area contributed by atoms with Gasteiger partial charge in [0.2, 0.25) is 5.91 Å². The molecule has 4 nitrogen and oxygen atoms in total. The lowest BCUT2D eigenvalue weighted by molar-refractivity contribution is -0.117. The minimum absolute atomic E-state index is 0.0429. The second kappa shape index (κ2) is 8.10. The number of nitrogens with one attached hydrogen (secondary N) is 2. The maximum absolute atomic E-state index is 12.7. The van der Waals surface area contributed by atoms with E-state index in [1.165, 1.54) is 0 Å². The average Bonchev–Trinajstić information content (AvgIpc) is 3.51. The number of amides is 2. The van der Waals surface area contributed by atoms with E-state index in [0.717, 1.165) is 23.2 Å². The van der Waals surface area contributed by atoms with E-state index in [2.05, 4.69) is 10.6 Å². The van der Waals surface area contributed by atoms with Gasteiger partial charge in [0.25, 0.3) is 5.91 Å². The summed E-state index contributed by atoms with van der Waals surface area (Å²) in [6.45, 7) is 1.91. The lowest BCUT2D eigenvalue weighted by atomic mass is 10.1. The minimum atomic E-state index is -0.216. The molecule has 2 N–H and O–H groups in total. The lowest BCUT2D eigenvalue weighted by Gasteiger charge is -2.11. The molecule has 1 saturated carbocycles. The van der Waals surface area contributed by atoms with Crippen LogP contribution >= 0.6 is 11.6 Å². The summed E-state index contributed by atoms with van der Waals surface area (Å²) in [7, 11) is 0. The largest absolute Gasteiger partial charge is 0.326 e. The second-order valence-corrected chi connectivity index (χ2v) is 7.72. The van der Waals surface area contributed by atoms with E-state index >= 15 is 0 Å². The predicted molar refractivity (Wildman–Crippen MR) is 117 cm³/mol. The van der Waals surface area contributed by atoms with E-state index < -0.39 is 0 Å². The van der Waals surface area contributed by atoms with E-state index in [-0.39, 0.29) is 23.7 Å². The van der Waals surface area contributed by atoms with Gasteiger partial charge in [-0.1, -0.05) is 54.1 Å². The quantitative estimate of drug-likeness (QED) is 0.577. The monoisotopic (exact) mass is 404 g/mol. The number of halogens is 1. The average molecular weight is 405 g/mol. The van der Waals surface area contributed by atoms with Crippen LogP contribution in [-0.2, 0) is 4.79 Å². The zero-order chi connectivity index (χ0) is 20.4. The maximum atomic E-state index is 12.7. The molecular formula is C24H21ClN2O2. The Balaban J connectivity index is 1.45. The molecule has 5 heteroatoms. The third kappa shape index (κ3) is 4.33. The first-order valence-electron chi connectivity index (χ1n) is 9.55. The molecule has 2 unspecified atom stereocenters. The normalized spacial score (nSPS) is 17.4. The van der Waals surface area contributed by atoms with Gasteiger partial charge in [0.1, 0.15) is 0 Å². The van der Waals surface area contributed by atoms with Gasteiger partial charge in [-0.25, -0.2) is 0 Å². The van der Waals surface area contributed by atoms with Gasteiger partial charge in [0.15, 0.2) is 0 Å². The number of anilines is 2. The molecule has 146 valence electrons. The number of benzene rings is 3. The summed E-state index contributed by atoms with van der Waals surface area (Å²) in [5.74, 6) is -0.213. The highest BCUT2D eigenvalue weighted by molar-refractivity contribution is 6.31. The molecule has 4 rings (SSSR count). The van der Waals surface area contributed by atoms with E-state index in [0.29, 0.717) is 16.3 Å². The summed E-state index contributed by atoms with van der Waals surface area (Å²) in [6.07, 6.45) is 0.781. The summed E-state index contributed by atoms with van der Waals surface area (Å²) in [5.41, 5.74) is 3.80. The number of hydrogen-bond donors (Lipinski definition) is 2. The highest BCUT2D eigenvalue weighted by Gasteiger charge is 2.44. The molecule has 1 aliphatic rings. The molecule has 0 heterocycles. The Morgan fingerprint density at radius 3 is 2.41 bits per heavy atom. The van der Waals surface area contributed by atoms with E-state index in [1.54, 1.807) is 12.1 Å². The van der Waals surface area contributed by atoms with Crippen LogP contribution in [0.4, 0.5) is 11.4 Å². The van der Waals surface area contributed by atoms with Crippen LogP contribution in [0.5, 0.6) is 0 Å². The van der Waals surface area contributed by atoms with Crippen molar-refractivity contribution in [2.45, 2.75) is 19.3 Å². The third-order valence-corrected chi connectivity index (χ3v) is 5.57. The molecule has 3 aromatic carbocycles. The topological polar surface area (TPSA) is 58.2 Å².